The highest BCUT2D eigenvalue weighted by molar-refractivity contribution is 5.89. The summed E-state index contributed by atoms with van der Waals surface area (Å²) >= 11 is 0. The third-order valence-electron chi connectivity index (χ3n) is 3.24. The van der Waals surface area contributed by atoms with Crippen molar-refractivity contribution in [1.29, 1.82) is 0 Å². The van der Waals surface area contributed by atoms with E-state index < -0.39 is 0 Å². The first-order valence-electron chi connectivity index (χ1n) is 7.14. The second-order valence-corrected chi connectivity index (χ2v) is 5.36. The van der Waals surface area contributed by atoms with E-state index in [1.165, 1.54) is 0 Å². The van der Waals surface area contributed by atoms with E-state index in [9.17, 15) is 4.79 Å². The lowest BCUT2D eigenvalue weighted by Gasteiger charge is -2.09. The van der Waals surface area contributed by atoms with Crippen LogP contribution in [-0.4, -0.2) is 18.3 Å². The Kier molecular flexibility index (Phi) is 5.04. The van der Waals surface area contributed by atoms with Gasteiger partial charge in [-0.1, -0.05) is 19.0 Å². The molecule has 118 valence electrons. The van der Waals surface area contributed by atoms with Gasteiger partial charge in [-0.2, -0.15) is 0 Å². The molecule has 1 aromatic carbocycles. The summed E-state index contributed by atoms with van der Waals surface area (Å²) in [5.41, 5.74) is 2.54. The number of carbonyl (C=O) groups excluding carboxylic acids is 1. The van der Waals surface area contributed by atoms with Gasteiger partial charge in [-0.25, -0.2) is 4.79 Å². The first-order valence-corrected chi connectivity index (χ1v) is 7.14. The number of amides is 2. The van der Waals surface area contributed by atoms with Gasteiger partial charge in [0.1, 0.15) is 5.75 Å². The normalized spacial score (nSPS) is 10.6. The Labute approximate surface area is 129 Å². The van der Waals surface area contributed by atoms with Gasteiger partial charge >= 0.3 is 6.03 Å². The lowest BCUT2D eigenvalue weighted by atomic mass is 10.1. The quantitative estimate of drug-likeness (QED) is 0.887. The van der Waals surface area contributed by atoms with Gasteiger partial charge in [-0.05, 0) is 36.6 Å². The maximum atomic E-state index is 11.9. The largest absolute Gasteiger partial charge is 0.496 e. The number of methoxy groups -OCH3 is 1. The summed E-state index contributed by atoms with van der Waals surface area (Å²) in [6.45, 7) is 6.28. The van der Waals surface area contributed by atoms with E-state index in [0.29, 0.717) is 23.9 Å². The second kappa shape index (κ2) is 6.98. The van der Waals surface area contributed by atoms with E-state index in [-0.39, 0.29) is 6.03 Å². The molecule has 1 aromatic heterocycles. The Hall–Kier alpha value is -2.50. The Balaban J connectivity index is 1.88. The predicted octanol–water partition coefficient (Wildman–Crippen LogP) is 3.44. The molecule has 0 aliphatic heterocycles. The molecule has 22 heavy (non-hydrogen) atoms. The van der Waals surface area contributed by atoms with Gasteiger partial charge in [0, 0.05) is 11.8 Å². The van der Waals surface area contributed by atoms with Crippen LogP contribution in [0.2, 0.25) is 0 Å². The van der Waals surface area contributed by atoms with Crippen LogP contribution in [0, 0.1) is 6.92 Å². The van der Waals surface area contributed by atoms with Crippen molar-refractivity contribution in [2.24, 2.45) is 0 Å². The molecule has 0 unspecified atom stereocenters. The number of carbonyl (C=O) groups is 1. The summed E-state index contributed by atoms with van der Waals surface area (Å²) in [5.74, 6) is 1.71. The van der Waals surface area contributed by atoms with Gasteiger partial charge in [0.15, 0.2) is 5.76 Å². The van der Waals surface area contributed by atoms with Gasteiger partial charge in [0.05, 0.1) is 19.3 Å². The maximum absolute atomic E-state index is 11.9. The number of anilines is 1. The number of rotatable bonds is 5. The van der Waals surface area contributed by atoms with Gasteiger partial charge < -0.3 is 19.9 Å². The summed E-state index contributed by atoms with van der Waals surface area (Å²) in [5, 5.41) is 9.45. The molecule has 2 rings (SSSR count). The average molecular weight is 303 g/mol. The van der Waals surface area contributed by atoms with Crippen molar-refractivity contribution >= 4 is 11.7 Å². The lowest BCUT2D eigenvalue weighted by molar-refractivity contribution is 0.250. The van der Waals surface area contributed by atoms with Crippen LogP contribution < -0.4 is 15.4 Å². The summed E-state index contributed by atoms with van der Waals surface area (Å²) in [7, 11) is 1.62. The molecule has 0 atom stereocenters. The van der Waals surface area contributed by atoms with E-state index in [2.05, 4.69) is 15.8 Å². The molecule has 0 bridgehead atoms. The van der Waals surface area contributed by atoms with E-state index in [0.717, 1.165) is 17.0 Å². The van der Waals surface area contributed by atoms with Gasteiger partial charge in [0.25, 0.3) is 0 Å². The molecular formula is C16H21N3O3. The molecule has 2 aromatic rings. The molecule has 0 saturated carbocycles. The van der Waals surface area contributed by atoms with Crippen LogP contribution in [0.1, 0.15) is 36.8 Å². The van der Waals surface area contributed by atoms with Crippen molar-refractivity contribution in [3.8, 4) is 5.75 Å². The van der Waals surface area contributed by atoms with Crippen molar-refractivity contribution in [2.45, 2.75) is 33.2 Å². The molecule has 2 N–H and O–H groups in total. The van der Waals surface area contributed by atoms with Gasteiger partial charge in [-0.15, -0.1) is 0 Å². The van der Waals surface area contributed by atoms with Crippen LogP contribution in [-0.2, 0) is 6.54 Å². The Bertz CT molecular complexity index is 650. The van der Waals surface area contributed by atoms with Crippen molar-refractivity contribution in [3.63, 3.8) is 0 Å². The number of aryl methyl sites for hydroxylation is 1. The molecule has 0 saturated heterocycles. The number of nitrogens with zero attached hydrogens (tertiary/aromatic N) is 1. The minimum atomic E-state index is -0.299. The van der Waals surface area contributed by atoms with E-state index >= 15 is 0 Å². The van der Waals surface area contributed by atoms with Crippen LogP contribution in [0.15, 0.2) is 28.8 Å². The lowest BCUT2D eigenvalue weighted by Crippen LogP contribution is -2.28. The van der Waals surface area contributed by atoms with Crippen LogP contribution in [0.4, 0.5) is 10.5 Å². The molecule has 0 aliphatic rings. The number of benzene rings is 1. The summed E-state index contributed by atoms with van der Waals surface area (Å²) < 4.78 is 10.4. The number of urea groups is 1. The summed E-state index contributed by atoms with van der Waals surface area (Å²) in [4.78, 5) is 11.9. The molecule has 2 amide bonds. The fourth-order valence-corrected chi connectivity index (χ4v) is 1.98. The van der Waals surface area contributed by atoms with E-state index in [1.54, 1.807) is 13.2 Å². The number of hydrogen-bond acceptors (Lipinski definition) is 4. The third kappa shape index (κ3) is 4.00. The Morgan fingerprint density at radius 2 is 2.14 bits per heavy atom. The summed E-state index contributed by atoms with van der Waals surface area (Å²) in [6, 6.07) is 7.01. The molecule has 0 spiro atoms. The molecule has 0 aliphatic carbocycles. The number of hydrogen-bond donors (Lipinski definition) is 2. The van der Waals surface area contributed by atoms with Crippen molar-refractivity contribution < 1.29 is 14.1 Å². The fraction of sp³-hybridized carbons (Fsp3) is 0.375. The first kappa shape index (κ1) is 15.9. The number of ether oxygens (including phenoxy) is 1. The molecule has 0 radical (unpaired) electrons. The fourth-order valence-electron chi connectivity index (χ4n) is 1.98. The van der Waals surface area contributed by atoms with Gasteiger partial charge in [-0.3, -0.25) is 0 Å². The minimum absolute atomic E-state index is 0.292. The zero-order valence-electron chi connectivity index (χ0n) is 13.3. The first-order chi connectivity index (χ1) is 10.5. The Morgan fingerprint density at radius 3 is 2.73 bits per heavy atom. The predicted molar refractivity (Wildman–Crippen MR) is 84.2 cm³/mol. The zero-order valence-corrected chi connectivity index (χ0v) is 13.3. The van der Waals surface area contributed by atoms with E-state index in [4.69, 9.17) is 9.26 Å². The summed E-state index contributed by atoms with van der Waals surface area (Å²) in [6.07, 6.45) is 0. The van der Waals surface area contributed by atoms with Crippen molar-refractivity contribution in [2.75, 3.05) is 12.4 Å². The topological polar surface area (TPSA) is 76.4 Å². The highest BCUT2D eigenvalue weighted by atomic mass is 16.5. The minimum Gasteiger partial charge on any atom is -0.496 e. The SMILES string of the molecule is COc1ccc(NC(=O)NCc2cc(C(C)C)no2)cc1C. The molecule has 6 nitrogen and oxygen atoms in total. The monoisotopic (exact) mass is 303 g/mol. The smallest absolute Gasteiger partial charge is 0.319 e. The Morgan fingerprint density at radius 1 is 1.36 bits per heavy atom. The number of nitrogens with one attached hydrogen (secondary N) is 2. The molecule has 0 fully saturated rings. The zero-order chi connectivity index (χ0) is 16.1. The van der Waals surface area contributed by atoms with Crippen LogP contribution >= 0.6 is 0 Å². The maximum Gasteiger partial charge on any atom is 0.319 e. The second-order valence-electron chi connectivity index (χ2n) is 5.36. The standard InChI is InChI=1S/C16H21N3O3/c1-10(2)14-8-13(22-19-14)9-17-16(20)18-12-5-6-15(21-4)11(3)7-12/h5-8,10H,9H2,1-4H3,(H2,17,18,20). The molecular weight excluding hydrogens is 282 g/mol. The average Bonchev–Trinajstić information content (AvgIpc) is 2.94. The third-order valence-corrected chi connectivity index (χ3v) is 3.24. The molecule has 1 heterocycles. The van der Waals surface area contributed by atoms with Crippen molar-refractivity contribution in [1.82, 2.24) is 10.5 Å². The number of aromatic nitrogens is 1. The van der Waals surface area contributed by atoms with E-state index in [1.807, 2.05) is 39.0 Å². The highest BCUT2D eigenvalue weighted by Crippen LogP contribution is 2.21. The van der Waals surface area contributed by atoms with Crippen molar-refractivity contribution in [3.05, 3.63) is 41.3 Å². The van der Waals surface area contributed by atoms with Crippen LogP contribution in [0.3, 0.4) is 0 Å². The van der Waals surface area contributed by atoms with Crippen LogP contribution in [0.25, 0.3) is 0 Å². The van der Waals surface area contributed by atoms with Crippen LogP contribution in [0.5, 0.6) is 5.75 Å². The highest BCUT2D eigenvalue weighted by Gasteiger charge is 2.09. The molecule has 6 heteroatoms. The van der Waals surface area contributed by atoms with Gasteiger partial charge in [0.2, 0.25) is 0 Å².